The van der Waals surface area contributed by atoms with Crippen molar-refractivity contribution in [2.75, 3.05) is 13.6 Å². The van der Waals surface area contributed by atoms with Crippen molar-refractivity contribution in [2.45, 2.75) is 52.9 Å². The van der Waals surface area contributed by atoms with Gasteiger partial charge in [-0.15, -0.1) is 0 Å². The van der Waals surface area contributed by atoms with Gasteiger partial charge in [-0.25, -0.2) is 0 Å². The van der Waals surface area contributed by atoms with Crippen molar-refractivity contribution in [1.29, 1.82) is 0 Å². The SMILES string of the molecule is CCCCCC(CNC)CC(C)C. The molecule has 0 aromatic heterocycles. The number of hydrogen-bond acceptors (Lipinski definition) is 1. The predicted molar refractivity (Wildman–Crippen MR) is 61.0 cm³/mol. The van der Waals surface area contributed by atoms with Crippen molar-refractivity contribution >= 4 is 0 Å². The van der Waals surface area contributed by atoms with Crippen LogP contribution in [-0.4, -0.2) is 13.6 Å². The van der Waals surface area contributed by atoms with Gasteiger partial charge in [-0.1, -0.05) is 40.0 Å². The second kappa shape index (κ2) is 8.55. The van der Waals surface area contributed by atoms with Crippen LogP contribution in [0.4, 0.5) is 0 Å². The highest BCUT2D eigenvalue weighted by Crippen LogP contribution is 2.17. The van der Waals surface area contributed by atoms with E-state index in [0.29, 0.717) is 0 Å². The fraction of sp³-hybridized carbons (Fsp3) is 1.00. The lowest BCUT2D eigenvalue weighted by Gasteiger charge is -2.18. The van der Waals surface area contributed by atoms with Gasteiger partial charge in [0.1, 0.15) is 0 Å². The predicted octanol–water partition coefficient (Wildman–Crippen LogP) is 3.45. The fourth-order valence-corrected chi connectivity index (χ4v) is 1.94. The third-order valence-electron chi connectivity index (χ3n) is 2.51. The smallest absolute Gasteiger partial charge is 0.00234 e. The van der Waals surface area contributed by atoms with Crippen molar-refractivity contribution in [3.8, 4) is 0 Å². The molecular formula is C12H27N. The zero-order chi connectivity index (χ0) is 10.1. The molecule has 0 aliphatic carbocycles. The quantitative estimate of drug-likeness (QED) is 0.571. The van der Waals surface area contributed by atoms with Gasteiger partial charge in [0.15, 0.2) is 0 Å². The van der Waals surface area contributed by atoms with Gasteiger partial charge < -0.3 is 5.32 Å². The van der Waals surface area contributed by atoms with Crippen LogP contribution in [0.2, 0.25) is 0 Å². The van der Waals surface area contributed by atoms with Crippen LogP contribution in [-0.2, 0) is 0 Å². The molecule has 1 N–H and O–H groups in total. The molecule has 13 heavy (non-hydrogen) atoms. The van der Waals surface area contributed by atoms with Crippen LogP contribution in [0, 0.1) is 11.8 Å². The maximum absolute atomic E-state index is 3.30. The minimum atomic E-state index is 0.847. The molecule has 0 aliphatic rings. The molecule has 0 heterocycles. The second-order valence-electron chi connectivity index (χ2n) is 4.55. The Morgan fingerprint density at radius 3 is 2.31 bits per heavy atom. The highest BCUT2D eigenvalue weighted by atomic mass is 14.8. The second-order valence-corrected chi connectivity index (χ2v) is 4.55. The van der Waals surface area contributed by atoms with Gasteiger partial charge in [0.25, 0.3) is 0 Å². The summed E-state index contributed by atoms with van der Waals surface area (Å²) < 4.78 is 0. The lowest BCUT2D eigenvalue weighted by molar-refractivity contribution is 0.363. The largest absolute Gasteiger partial charge is 0.319 e. The summed E-state index contributed by atoms with van der Waals surface area (Å²) in [5.74, 6) is 1.75. The van der Waals surface area contributed by atoms with Crippen LogP contribution in [0.1, 0.15) is 52.9 Å². The molecule has 0 aliphatic heterocycles. The van der Waals surface area contributed by atoms with E-state index in [1.54, 1.807) is 0 Å². The zero-order valence-corrected chi connectivity index (χ0v) is 9.90. The summed E-state index contributed by atoms with van der Waals surface area (Å²) in [7, 11) is 2.06. The molecule has 80 valence electrons. The zero-order valence-electron chi connectivity index (χ0n) is 9.90. The van der Waals surface area contributed by atoms with Crippen LogP contribution >= 0.6 is 0 Å². The highest BCUT2D eigenvalue weighted by Gasteiger charge is 2.09. The van der Waals surface area contributed by atoms with E-state index < -0.39 is 0 Å². The standard InChI is InChI=1S/C12H27N/c1-5-6-7-8-12(10-13-4)9-11(2)3/h11-13H,5-10H2,1-4H3. The first-order valence-electron chi connectivity index (χ1n) is 5.85. The molecular weight excluding hydrogens is 158 g/mol. The average molecular weight is 185 g/mol. The molecule has 0 radical (unpaired) electrons. The fourth-order valence-electron chi connectivity index (χ4n) is 1.94. The summed E-state index contributed by atoms with van der Waals surface area (Å²) in [6.07, 6.45) is 6.94. The van der Waals surface area contributed by atoms with E-state index in [0.717, 1.165) is 11.8 Å². The highest BCUT2D eigenvalue weighted by molar-refractivity contribution is 4.63. The summed E-state index contributed by atoms with van der Waals surface area (Å²) in [6.45, 7) is 8.11. The number of unbranched alkanes of at least 4 members (excludes halogenated alkanes) is 2. The molecule has 1 atom stereocenters. The molecule has 1 nitrogen and oxygen atoms in total. The van der Waals surface area contributed by atoms with Crippen molar-refractivity contribution in [1.82, 2.24) is 5.32 Å². The Kier molecular flexibility index (Phi) is 8.53. The van der Waals surface area contributed by atoms with Gasteiger partial charge in [-0.2, -0.15) is 0 Å². The third kappa shape index (κ3) is 8.29. The molecule has 0 rings (SSSR count). The number of nitrogens with one attached hydrogen (secondary N) is 1. The number of hydrogen-bond donors (Lipinski definition) is 1. The minimum absolute atomic E-state index is 0.847. The van der Waals surface area contributed by atoms with E-state index in [-0.39, 0.29) is 0 Å². The Balaban J connectivity index is 3.53. The van der Waals surface area contributed by atoms with E-state index in [9.17, 15) is 0 Å². The Bertz CT molecular complexity index is 99.3. The van der Waals surface area contributed by atoms with Gasteiger partial charge in [-0.05, 0) is 38.3 Å². The third-order valence-corrected chi connectivity index (χ3v) is 2.51. The van der Waals surface area contributed by atoms with Crippen LogP contribution in [0.15, 0.2) is 0 Å². The monoisotopic (exact) mass is 185 g/mol. The van der Waals surface area contributed by atoms with Gasteiger partial charge >= 0.3 is 0 Å². The van der Waals surface area contributed by atoms with Crippen molar-refractivity contribution < 1.29 is 0 Å². The topological polar surface area (TPSA) is 12.0 Å². The lowest BCUT2D eigenvalue weighted by atomic mass is 9.92. The molecule has 0 saturated carbocycles. The summed E-state index contributed by atoms with van der Waals surface area (Å²) in [6, 6.07) is 0. The number of rotatable bonds is 8. The summed E-state index contributed by atoms with van der Waals surface area (Å²) in [5, 5.41) is 3.30. The van der Waals surface area contributed by atoms with E-state index in [2.05, 4.69) is 33.1 Å². The van der Waals surface area contributed by atoms with Crippen LogP contribution in [0.5, 0.6) is 0 Å². The minimum Gasteiger partial charge on any atom is -0.319 e. The molecule has 1 heteroatoms. The van der Waals surface area contributed by atoms with Gasteiger partial charge in [0.05, 0.1) is 0 Å². The molecule has 0 spiro atoms. The Labute approximate surface area is 84.3 Å². The van der Waals surface area contributed by atoms with Gasteiger partial charge in [0.2, 0.25) is 0 Å². The Morgan fingerprint density at radius 2 is 1.85 bits per heavy atom. The Morgan fingerprint density at radius 1 is 1.15 bits per heavy atom. The van der Waals surface area contributed by atoms with E-state index in [1.807, 2.05) is 0 Å². The van der Waals surface area contributed by atoms with Gasteiger partial charge in [-0.3, -0.25) is 0 Å². The molecule has 0 aromatic rings. The Hall–Kier alpha value is -0.0400. The summed E-state index contributed by atoms with van der Waals surface area (Å²) in [5.41, 5.74) is 0. The van der Waals surface area contributed by atoms with Crippen LogP contribution in [0.25, 0.3) is 0 Å². The van der Waals surface area contributed by atoms with Gasteiger partial charge in [0, 0.05) is 0 Å². The van der Waals surface area contributed by atoms with Crippen LogP contribution in [0.3, 0.4) is 0 Å². The van der Waals surface area contributed by atoms with E-state index >= 15 is 0 Å². The average Bonchev–Trinajstić information content (AvgIpc) is 2.04. The normalized spacial score (nSPS) is 13.6. The molecule has 0 fully saturated rings. The molecule has 0 amide bonds. The molecule has 0 bridgehead atoms. The molecule has 0 aromatic carbocycles. The molecule has 0 saturated heterocycles. The van der Waals surface area contributed by atoms with Crippen LogP contribution < -0.4 is 5.32 Å². The summed E-state index contributed by atoms with van der Waals surface area (Å²) in [4.78, 5) is 0. The van der Waals surface area contributed by atoms with Crippen molar-refractivity contribution in [2.24, 2.45) is 11.8 Å². The summed E-state index contributed by atoms with van der Waals surface area (Å²) >= 11 is 0. The lowest BCUT2D eigenvalue weighted by Crippen LogP contribution is -2.20. The maximum atomic E-state index is 3.30. The van der Waals surface area contributed by atoms with Crippen molar-refractivity contribution in [3.05, 3.63) is 0 Å². The molecule has 1 unspecified atom stereocenters. The van der Waals surface area contributed by atoms with E-state index in [4.69, 9.17) is 0 Å². The maximum Gasteiger partial charge on any atom is -0.00234 e. The van der Waals surface area contributed by atoms with E-state index in [1.165, 1.54) is 38.6 Å². The van der Waals surface area contributed by atoms with Crippen molar-refractivity contribution in [3.63, 3.8) is 0 Å². The first kappa shape index (κ1) is 13.0. The first-order chi connectivity index (χ1) is 6.20. The first-order valence-corrected chi connectivity index (χ1v) is 5.85.